The third kappa shape index (κ3) is 3.76. The Balaban J connectivity index is 1.84. The van der Waals surface area contributed by atoms with Crippen molar-refractivity contribution < 1.29 is 23.8 Å². The number of benzene rings is 1. The van der Waals surface area contributed by atoms with Crippen LogP contribution in [0.1, 0.15) is 45.2 Å². The molecule has 2 heterocycles. The van der Waals surface area contributed by atoms with E-state index in [1.807, 2.05) is 13.0 Å². The Morgan fingerprint density at radius 3 is 2.88 bits per heavy atom. The van der Waals surface area contributed by atoms with Crippen molar-refractivity contribution in [2.24, 2.45) is 5.92 Å². The minimum Gasteiger partial charge on any atom is -0.462 e. The molecule has 0 spiro atoms. The fourth-order valence-corrected chi connectivity index (χ4v) is 3.18. The molecule has 0 unspecified atom stereocenters. The van der Waals surface area contributed by atoms with E-state index in [1.54, 1.807) is 19.1 Å². The van der Waals surface area contributed by atoms with E-state index in [-0.39, 0.29) is 12.8 Å². The van der Waals surface area contributed by atoms with E-state index in [0.29, 0.717) is 35.3 Å². The summed E-state index contributed by atoms with van der Waals surface area (Å²) in [5, 5.41) is 5.44. The Kier molecular flexibility index (Phi) is 5.35. The van der Waals surface area contributed by atoms with E-state index in [4.69, 9.17) is 14.2 Å². The van der Waals surface area contributed by atoms with Crippen molar-refractivity contribution in [1.82, 2.24) is 10.6 Å². The fraction of sp³-hybridized carbons (Fsp3) is 0.474. The number of amides is 2. The van der Waals surface area contributed by atoms with E-state index in [2.05, 4.69) is 17.6 Å². The number of fused-ring (bicyclic) bond motifs is 1. The number of hydrogen-bond acceptors (Lipinski definition) is 5. The SMILES string of the molecule is CCC[C@H](C)COC(=O)C1=C(C)NC(=O)N[C@@H]1c1ccc2c(c1)OCO2. The molecule has 7 nitrogen and oxygen atoms in total. The van der Waals surface area contributed by atoms with Crippen LogP contribution in [-0.2, 0) is 9.53 Å². The predicted molar refractivity (Wildman–Crippen MR) is 94.7 cm³/mol. The average Bonchev–Trinajstić information content (AvgIpc) is 3.07. The zero-order valence-corrected chi connectivity index (χ0v) is 15.3. The van der Waals surface area contributed by atoms with Crippen molar-refractivity contribution >= 4 is 12.0 Å². The smallest absolute Gasteiger partial charge is 0.338 e. The summed E-state index contributed by atoms with van der Waals surface area (Å²) in [5.41, 5.74) is 1.62. The van der Waals surface area contributed by atoms with Gasteiger partial charge in [0.25, 0.3) is 0 Å². The number of carbonyl (C=O) groups excluding carboxylic acids is 2. The van der Waals surface area contributed by atoms with Crippen LogP contribution in [0.3, 0.4) is 0 Å². The number of urea groups is 1. The summed E-state index contributed by atoms with van der Waals surface area (Å²) in [6.07, 6.45) is 2.03. The summed E-state index contributed by atoms with van der Waals surface area (Å²) >= 11 is 0. The third-order valence-electron chi connectivity index (χ3n) is 4.50. The summed E-state index contributed by atoms with van der Waals surface area (Å²) in [6.45, 7) is 6.36. The van der Waals surface area contributed by atoms with Gasteiger partial charge in [-0.25, -0.2) is 9.59 Å². The minimum atomic E-state index is -0.604. The molecule has 2 amide bonds. The van der Waals surface area contributed by atoms with Crippen molar-refractivity contribution in [3.05, 3.63) is 35.0 Å². The summed E-state index contributed by atoms with van der Waals surface area (Å²) in [7, 11) is 0. The summed E-state index contributed by atoms with van der Waals surface area (Å²) < 4.78 is 16.2. The highest BCUT2D eigenvalue weighted by Crippen LogP contribution is 2.37. The maximum Gasteiger partial charge on any atom is 0.338 e. The van der Waals surface area contributed by atoms with E-state index in [1.165, 1.54) is 0 Å². The molecule has 0 aromatic heterocycles. The first-order chi connectivity index (χ1) is 12.5. The lowest BCUT2D eigenvalue weighted by atomic mass is 9.95. The van der Waals surface area contributed by atoms with Gasteiger partial charge in [0.05, 0.1) is 18.2 Å². The zero-order chi connectivity index (χ0) is 18.7. The second-order valence-corrected chi connectivity index (χ2v) is 6.68. The van der Waals surface area contributed by atoms with Crippen molar-refractivity contribution in [2.75, 3.05) is 13.4 Å². The molecule has 0 saturated carbocycles. The van der Waals surface area contributed by atoms with Gasteiger partial charge in [-0.05, 0) is 37.0 Å². The molecule has 3 rings (SSSR count). The standard InChI is InChI=1S/C19H24N2O5/c1-4-5-11(2)9-24-18(22)16-12(3)20-19(23)21-17(16)13-6-7-14-15(8-13)26-10-25-14/h6-8,11,17H,4-5,9-10H2,1-3H3,(H2,20,21,23)/t11-,17+/m0/s1. The first-order valence-corrected chi connectivity index (χ1v) is 8.84. The van der Waals surface area contributed by atoms with Crippen LogP contribution in [0.25, 0.3) is 0 Å². The van der Waals surface area contributed by atoms with Gasteiger partial charge in [0.2, 0.25) is 6.79 Å². The summed E-state index contributed by atoms with van der Waals surface area (Å²) in [4.78, 5) is 24.7. The molecule has 140 valence electrons. The van der Waals surface area contributed by atoms with Crippen LogP contribution in [0.4, 0.5) is 4.79 Å². The first-order valence-electron chi connectivity index (χ1n) is 8.84. The molecule has 7 heteroatoms. The highest BCUT2D eigenvalue weighted by Gasteiger charge is 2.33. The molecule has 0 aliphatic carbocycles. The maximum atomic E-state index is 12.7. The molecule has 26 heavy (non-hydrogen) atoms. The number of carbonyl (C=O) groups is 2. The van der Waals surface area contributed by atoms with Gasteiger partial charge in [-0.15, -0.1) is 0 Å². The molecule has 2 aliphatic heterocycles. The Bertz CT molecular complexity index is 743. The number of rotatable bonds is 6. The minimum absolute atomic E-state index is 0.163. The van der Waals surface area contributed by atoms with Gasteiger partial charge in [0.15, 0.2) is 11.5 Å². The Morgan fingerprint density at radius 2 is 2.12 bits per heavy atom. The molecular weight excluding hydrogens is 336 g/mol. The molecule has 0 radical (unpaired) electrons. The highest BCUT2D eigenvalue weighted by molar-refractivity contribution is 5.95. The number of nitrogens with one attached hydrogen (secondary N) is 2. The van der Waals surface area contributed by atoms with Crippen LogP contribution in [0, 0.1) is 5.92 Å². The lowest BCUT2D eigenvalue weighted by molar-refractivity contribution is -0.140. The van der Waals surface area contributed by atoms with Crippen LogP contribution in [-0.4, -0.2) is 25.4 Å². The van der Waals surface area contributed by atoms with Crippen LogP contribution in [0.15, 0.2) is 29.5 Å². The largest absolute Gasteiger partial charge is 0.462 e. The molecule has 1 aromatic rings. The zero-order valence-electron chi connectivity index (χ0n) is 15.3. The van der Waals surface area contributed by atoms with Crippen molar-refractivity contribution in [3.8, 4) is 11.5 Å². The van der Waals surface area contributed by atoms with Gasteiger partial charge in [-0.2, -0.15) is 0 Å². The van der Waals surface area contributed by atoms with Gasteiger partial charge in [0, 0.05) is 5.70 Å². The van der Waals surface area contributed by atoms with Crippen LogP contribution in [0.5, 0.6) is 11.5 Å². The molecule has 2 atom stereocenters. The quantitative estimate of drug-likeness (QED) is 0.762. The summed E-state index contributed by atoms with van der Waals surface area (Å²) in [6, 6.07) is 4.39. The van der Waals surface area contributed by atoms with Gasteiger partial charge < -0.3 is 24.8 Å². The molecular formula is C19H24N2O5. The van der Waals surface area contributed by atoms with E-state index >= 15 is 0 Å². The van der Waals surface area contributed by atoms with E-state index in [9.17, 15) is 9.59 Å². The fourth-order valence-electron chi connectivity index (χ4n) is 3.18. The number of hydrogen-bond donors (Lipinski definition) is 2. The van der Waals surface area contributed by atoms with E-state index < -0.39 is 12.0 Å². The average molecular weight is 360 g/mol. The maximum absolute atomic E-state index is 12.7. The lowest BCUT2D eigenvalue weighted by Crippen LogP contribution is -2.45. The Morgan fingerprint density at radius 1 is 1.35 bits per heavy atom. The predicted octanol–water partition coefficient (Wildman–Crippen LogP) is 3.02. The second kappa shape index (κ2) is 7.68. The Labute approximate surface area is 152 Å². The molecule has 2 N–H and O–H groups in total. The molecule has 0 saturated heterocycles. The second-order valence-electron chi connectivity index (χ2n) is 6.68. The molecule has 1 aromatic carbocycles. The number of ether oxygens (including phenoxy) is 3. The lowest BCUT2D eigenvalue weighted by Gasteiger charge is -2.28. The topological polar surface area (TPSA) is 85.9 Å². The van der Waals surface area contributed by atoms with Crippen molar-refractivity contribution in [2.45, 2.75) is 39.7 Å². The van der Waals surface area contributed by atoms with E-state index in [0.717, 1.165) is 18.4 Å². The van der Waals surface area contributed by atoms with Crippen LogP contribution < -0.4 is 20.1 Å². The molecule has 0 bridgehead atoms. The number of esters is 1. The highest BCUT2D eigenvalue weighted by atomic mass is 16.7. The molecule has 2 aliphatic rings. The van der Waals surface area contributed by atoms with Gasteiger partial charge in [-0.1, -0.05) is 26.3 Å². The normalized spacial score (nSPS) is 19.7. The van der Waals surface area contributed by atoms with Gasteiger partial charge in [-0.3, -0.25) is 0 Å². The van der Waals surface area contributed by atoms with Crippen molar-refractivity contribution in [3.63, 3.8) is 0 Å². The first kappa shape index (κ1) is 18.1. The van der Waals surface area contributed by atoms with Gasteiger partial charge in [0.1, 0.15) is 0 Å². The Hall–Kier alpha value is -2.70. The van der Waals surface area contributed by atoms with Crippen LogP contribution in [0.2, 0.25) is 0 Å². The number of allylic oxidation sites excluding steroid dienone is 1. The van der Waals surface area contributed by atoms with Crippen molar-refractivity contribution in [1.29, 1.82) is 0 Å². The molecule has 0 fully saturated rings. The third-order valence-corrected chi connectivity index (χ3v) is 4.50. The summed E-state index contributed by atoms with van der Waals surface area (Å²) in [5.74, 6) is 1.10. The van der Waals surface area contributed by atoms with Crippen LogP contribution >= 0.6 is 0 Å². The van der Waals surface area contributed by atoms with Gasteiger partial charge >= 0.3 is 12.0 Å². The monoisotopic (exact) mass is 360 g/mol.